The number of imidazole rings is 1. The average molecular weight is 291 g/mol. The lowest BCUT2D eigenvalue weighted by Gasteiger charge is -2.11. The summed E-state index contributed by atoms with van der Waals surface area (Å²) in [7, 11) is -3.15. The van der Waals surface area contributed by atoms with Crippen LogP contribution in [0, 0.1) is 17.2 Å². The predicted molar refractivity (Wildman–Crippen MR) is 77.8 cm³/mol. The fourth-order valence-corrected chi connectivity index (χ4v) is 2.85. The summed E-state index contributed by atoms with van der Waals surface area (Å²) in [5, 5.41) is 8.92. The standard InChI is InChI=1S/C14H17N3O2S/c1-10(2)8-17-13-5-4-11(7-15)6-12(13)16-14(17)9-20(3,18)19/h4-6,10H,8-9H2,1-3H3. The molecule has 0 amide bonds. The minimum absolute atomic E-state index is 0.0870. The molecule has 0 aliphatic heterocycles. The molecule has 1 heterocycles. The van der Waals surface area contributed by atoms with Crippen LogP contribution in [0.5, 0.6) is 0 Å². The zero-order chi connectivity index (χ0) is 14.9. The molecular formula is C14H17N3O2S. The van der Waals surface area contributed by atoms with Gasteiger partial charge in [-0.25, -0.2) is 13.4 Å². The maximum Gasteiger partial charge on any atom is 0.154 e. The van der Waals surface area contributed by atoms with Crippen molar-refractivity contribution in [3.63, 3.8) is 0 Å². The Hall–Kier alpha value is -1.87. The fourth-order valence-electron chi connectivity index (χ4n) is 2.16. The third-order valence-corrected chi connectivity index (χ3v) is 3.68. The van der Waals surface area contributed by atoms with E-state index >= 15 is 0 Å². The number of nitriles is 1. The first-order valence-corrected chi connectivity index (χ1v) is 8.43. The highest BCUT2D eigenvalue weighted by Crippen LogP contribution is 2.20. The Morgan fingerprint density at radius 2 is 2.10 bits per heavy atom. The summed E-state index contributed by atoms with van der Waals surface area (Å²) >= 11 is 0. The molecule has 0 N–H and O–H groups in total. The summed E-state index contributed by atoms with van der Waals surface area (Å²) < 4.78 is 25.0. The Labute approximate surface area is 118 Å². The van der Waals surface area contributed by atoms with Crippen molar-refractivity contribution in [1.29, 1.82) is 5.26 Å². The maximum absolute atomic E-state index is 11.5. The van der Waals surface area contributed by atoms with Gasteiger partial charge < -0.3 is 4.57 Å². The molecule has 0 saturated heterocycles. The maximum atomic E-state index is 11.5. The largest absolute Gasteiger partial charge is 0.327 e. The molecule has 2 aromatic rings. The summed E-state index contributed by atoms with van der Waals surface area (Å²) in [6.07, 6.45) is 1.20. The van der Waals surface area contributed by atoms with Gasteiger partial charge in [0.15, 0.2) is 9.84 Å². The molecule has 0 bridgehead atoms. The van der Waals surface area contributed by atoms with E-state index in [1.165, 1.54) is 6.26 Å². The van der Waals surface area contributed by atoms with Gasteiger partial charge in [-0.05, 0) is 24.1 Å². The molecule has 0 fully saturated rings. The summed E-state index contributed by atoms with van der Waals surface area (Å²) in [4.78, 5) is 4.39. The van der Waals surface area contributed by atoms with E-state index in [-0.39, 0.29) is 5.75 Å². The number of hydrogen-bond acceptors (Lipinski definition) is 4. The minimum atomic E-state index is -3.15. The molecule has 0 unspecified atom stereocenters. The fraction of sp³-hybridized carbons (Fsp3) is 0.429. The van der Waals surface area contributed by atoms with Gasteiger partial charge in [0.05, 0.1) is 22.7 Å². The van der Waals surface area contributed by atoms with E-state index < -0.39 is 9.84 Å². The smallest absolute Gasteiger partial charge is 0.154 e. The van der Waals surface area contributed by atoms with Gasteiger partial charge in [0.1, 0.15) is 11.6 Å². The van der Waals surface area contributed by atoms with Crippen molar-refractivity contribution in [2.75, 3.05) is 6.26 Å². The van der Waals surface area contributed by atoms with E-state index in [1.54, 1.807) is 12.1 Å². The second kappa shape index (κ2) is 5.25. The lowest BCUT2D eigenvalue weighted by atomic mass is 10.2. The quantitative estimate of drug-likeness (QED) is 0.864. The molecular weight excluding hydrogens is 274 g/mol. The predicted octanol–water partition coefficient (Wildman–Crippen LogP) is 2.11. The van der Waals surface area contributed by atoms with Crippen molar-refractivity contribution in [2.45, 2.75) is 26.1 Å². The molecule has 106 valence electrons. The van der Waals surface area contributed by atoms with Gasteiger partial charge >= 0.3 is 0 Å². The Bertz CT molecular complexity index is 783. The summed E-state index contributed by atoms with van der Waals surface area (Å²) in [6, 6.07) is 7.32. The van der Waals surface area contributed by atoms with Crippen LogP contribution in [-0.4, -0.2) is 24.2 Å². The number of hydrogen-bond donors (Lipinski definition) is 0. The molecule has 0 saturated carbocycles. The van der Waals surface area contributed by atoms with Gasteiger partial charge in [-0.15, -0.1) is 0 Å². The number of benzene rings is 1. The van der Waals surface area contributed by atoms with Crippen molar-refractivity contribution >= 4 is 20.9 Å². The molecule has 0 aliphatic carbocycles. The molecule has 5 nitrogen and oxygen atoms in total. The third kappa shape index (κ3) is 3.17. The average Bonchev–Trinajstić information content (AvgIpc) is 2.63. The van der Waals surface area contributed by atoms with Crippen LogP contribution in [0.4, 0.5) is 0 Å². The van der Waals surface area contributed by atoms with E-state index in [0.717, 1.165) is 5.52 Å². The Balaban J connectivity index is 2.62. The molecule has 0 radical (unpaired) electrons. The van der Waals surface area contributed by atoms with Crippen LogP contribution < -0.4 is 0 Å². The van der Waals surface area contributed by atoms with Gasteiger partial charge in [0, 0.05) is 12.8 Å². The zero-order valence-electron chi connectivity index (χ0n) is 11.8. The third-order valence-electron chi connectivity index (χ3n) is 2.90. The molecule has 0 atom stereocenters. The molecule has 1 aromatic heterocycles. The zero-order valence-corrected chi connectivity index (χ0v) is 12.6. The SMILES string of the molecule is CC(C)Cn1c(CS(C)(=O)=O)nc2cc(C#N)ccc21. The molecule has 2 rings (SSSR count). The summed E-state index contributed by atoms with van der Waals surface area (Å²) in [5.74, 6) is 0.823. The topological polar surface area (TPSA) is 75.8 Å². The second-order valence-electron chi connectivity index (χ2n) is 5.42. The molecule has 0 spiro atoms. The van der Waals surface area contributed by atoms with E-state index in [4.69, 9.17) is 5.26 Å². The van der Waals surface area contributed by atoms with Crippen LogP contribution >= 0.6 is 0 Å². The van der Waals surface area contributed by atoms with Crippen LogP contribution in [0.3, 0.4) is 0 Å². The van der Waals surface area contributed by atoms with Crippen LogP contribution in [0.25, 0.3) is 11.0 Å². The van der Waals surface area contributed by atoms with Gasteiger partial charge in [-0.1, -0.05) is 13.8 Å². The van der Waals surface area contributed by atoms with Crippen molar-refractivity contribution < 1.29 is 8.42 Å². The molecule has 1 aromatic carbocycles. The molecule has 20 heavy (non-hydrogen) atoms. The first-order chi connectivity index (χ1) is 9.30. The van der Waals surface area contributed by atoms with Crippen molar-refractivity contribution in [3.8, 4) is 6.07 Å². The van der Waals surface area contributed by atoms with E-state index in [1.807, 2.05) is 10.6 Å². The molecule has 6 heteroatoms. The first kappa shape index (κ1) is 14.5. The normalized spacial score (nSPS) is 11.9. The van der Waals surface area contributed by atoms with E-state index in [9.17, 15) is 8.42 Å². The summed E-state index contributed by atoms with van der Waals surface area (Å²) in [6.45, 7) is 4.84. The number of sulfone groups is 1. The Kier molecular flexibility index (Phi) is 3.82. The van der Waals surface area contributed by atoms with Gasteiger partial charge in [0.2, 0.25) is 0 Å². The van der Waals surface area contributed by atoms with Crippen LogP contribution in [0.15, 0.2) is 18.2 Å². The highest BCUT2D eigenvalue weighted by molar-refractivity contribution is 7.89. The summed E-state index contributed by atoms with van der Waals surface area (Å²) in [5.41, 5.74) is 2.07. The van der Waals surface area contributed by atoms with Gasteiger partial charge in [-0.2, -0.15) is 5.26 Å². The van der Waals surface area contributed by atoms with Crippen molar-refractivity contribution in [1.82, 2.24) is 9.55 Å². The van der Waals surface area contributed by atoms with Crippen molar-refractivity contribution in [3.05, 3.63) is 29.6 Å². The lowest BCUT2D eigenvalue weighted by Crippen LogP contribution is -2.12. The molecule has 0 aliphatic rings. The van der Waals surface area contributed by atoms with Gasteiger partial charge in [-0.3, -0.25) is 0 Å². The van der Waals surface area contributed by atoms with Crippen molar-refractivity contribution in [2.24, 2.45) is 5.92 Å². The Morgan fingerprint density at radius 3 is 2.65 bits per heavy atom. The van der Waals surface area contributed by atoms with E-state index in [0.29, 0.717) is 29.4 Å². The number of rotatable bonds is 4. The highest BCUT2D eigenvalue weighted by Gasteiger charge is 2.16. The number of fused-ring (bicyclic) bond motifs is 1. The highest BCUT2D eigenvalue weighted by atomic mass is 32.2. The number of nitrogens with zero attached hydrogens (tertiary/aromatic N) is 3. The van der Waals surface area contributed by atoms with Crippen LogP contribution in [0.2, 0.25) is 0 Å². The Morgan fingerprint density at radius 1 is 1.40 bits per heavy atom. The van der Waals surface area contributed by atoms with Gasteiger partial charge in [0.25, 0.3) is 0 Å². The lowest BCUT2D eigenvalue weighted by molar-refractivity contribution is 0.520. The minimum Gasteiger partial charge on any atom is -0.327 e. The first-order valence-electron chi connectivity index (χ1n) is 6.37. The monoisotopic (exact) mass is 291 g/mol. The second-order valence-corrected chi connectivity index (χ2v) is 7.56. The van der Waals surface area contributed by atoms with E-state index in [2.05, 4.69) is 24.9 Å². The number of aromatic nitrogens is 2. The van der Waals surface area contributed by atoms with Crippen LogP contribution in [0.1, 0.15) is 25.2 Å². The van der Waals surface area contributed by atoms with Crippen LogP contribution in [-0.2, 0) is 22.1 Å².